The van der Waals surface area contributed by atoms with Crippen LogP contribution in [0, 0.1) is 0 Å². The summed E-state index contributed by atoms with van der Waals surface area (Å²) in [5.74, 6) is 0. The van der Waals surface area contributed by atoms with E-state index in [-0.39, 0.29) is 0 Å². The van der Waals surface area contributed by atoms with E-state index in [0.717, 1.165) is 6.42 Å². The molecule has 0 heteroatoms. The molecule has 0 fully saturated rings. The number of unbranched alkanes of at least 4 members (excludes halogenated alkanes) is 1. The minimum absolute atomic E-state index is 1.16. The van der Waals surface area contributed by atoms with Gasteiger partial charge in [-0.25, -0.2) is 0 Å². The Morgan fingerprint density at radius 3 is 2.42 bits per heavy atom. The molecule has 0 saturated carbocycles. The largest absolute Gasteiger partial charge is 0.0888 e. The van der Waals surface area contributed by atoms with Crippen LogP contribution in [0.4, 0.5) is 0 Å². The highest BCUT2D eigenvalue weighted by atomic mass is 13.9. The second-order valence-corrected chi connectivity index (χ2v) is 3.26. The zero-order chi connectivity index (χ0) is 9.23. The summed E-state index contributed by atoms with van der Waals surface area (Å²) in [6, 6.07) is 0. The standard InChI is InChI=1S/C12H22/c1-4-6-8-9-11-12(3)10-7-5-2/h6,8,10H,4-5,7,9,11H2,1-3H3/b8-6+,12-10+. The van der Waals surface area contributed by atoms with Crippen LogP contribution >= 0.6 is 0 Å². The van der Waals surface area contributed by atoms with Gasteiger partial charge < -0.3 is 0 Å². The van der Waals surface area contributed by atoms with Gasteiger partial charge in [-0.3, -0.25) is 0 Å². The summed E-state index contributed by atoms with van der Waals surface area (Å²) in [5, 5.41) is 0. The minimum atomic E-state index is 1.16. The van der Waals surface area contributed by atoms with Gasteiger partial charge in [0.1, 0.15) is 0 Å². The lowest BCUT2D eigenvalue weighted by molar-refractivity contribution is 0.909. The van der Waals surface area contributed by atoms with Gasteiger partial charge in [0, 0.05) is 0 Å². The molecule has 0 nitrogen and oxygen atoms in total. The Hall–Kier alpha value is -0.520. The molecule has 0 aromatic rings. The average molecular weight is 166 g/mol. The Kier molecular flexibility index (Phi) is 8.20. The normalized spacial score (nSPS) is 12.8. The highest BCUT2D eigenvalue weighted by molar-refractivity contribution is 4.99. The summed E-state index contributed by atoms with van der Waals surface area (Å²) in [6.45, 7) is 6.63. The van der Waals surface area contributed by atoms with E-state index >= 15 is 0 Å². The second-order valence-electron chi connectivity index (χ2n) is 3.26. The van der Waals surface area contributed by atoms with Crippen LogP contribution in [0.3, 0.4) is 0 Å². The first kappa shape index (κ1) is 11.5. The molecule has 0 bridgehead atoms. The predicted octanol–water partition coefficient (Wildman–Crippen LogP) is 4.48. The fourth-order valence-corrected chi connectivity index (χ4v) is 1.09. The average Bonchev–Trinajstić information content (AvgIpc) is 2.09. The van der Waals surface area contributed by atoms with Gasteiger partial charge >= 0.3 is 0 Å². The van der Waals surface area contributed by atoms with Crippen molar-refractivity contribution >= 4 is 0 Å². The summed E-state index contributed by atoms with van der Waals surface area (Å²) in [7, 11) is 0. The maximum absolute atomic E-state index is 2.36. The molecule has 0 aromatic heterocycles. The van der Waals surface area contributed by atoms with Crippen molar-refractivity contribution in [3.05, 3.63) is 23.8 Å². The lowest BCUT2D eigenvalue weighted by Crippen LogP contribution is -1.76. The van der Waals surface area contributed by atoms with Gasteiger partial charge in [-0.05, 0) is 32.6 Å². The van der Waals surface area contributed by atoms with Crippen LogP contribution in [0.25, 0.3) is 0 Å². The molecule has 0 unspecified atom stereocenters. The zero-order valence-corrected chi connectivity index (χ0v) is 8.77. The van der Waals surface area contributed by atoms with Crippen LogP contribution in [0.5, 0.6) is 0 Å². The van der Waals surface area contributed by atoms with Crippen molar-refractivity contribution in [1.82, 2.24) is 0 Å². The van der Waals surface area contributed by atoms with Crippen molar-refractivity contribution in [3.63, 3.8) is 0 Å². The number of allylic oxidation sites excluding steroid dienone is 4. The Bertz CT molecular complexity index is 140. The number of hydrogen-bond donors (Lipinski definition) is 0. The molecule has 12 heavy (non-hydrogen) atoms. The van der Waals surface area contributed by atoms with E-state index in [2.05, 4.69) is 39.0 Å². The van der Waals surface area contributed by atoms with Gasteiger partial charge in [0.15, 0.2) is 0 Å². The molecule has 0 amide bonds. The summed E-state index contributed by atoms with van der Waals surface area (Å²) in [4.78, 5) is 0. The second kappa shape index (κ2) is 8.58. The third kappa shape index (κ3) is 7.59. The lowest BCUT2D eigenvalue weighted by Gasteiger charge is -1.96. The maximum Gasteiger partial charge on any atom is -0.0288 e. The van der Waals surface area contributed by atoms with Crippen LogP contribution in [-0.2, 0) is 0 Å². The number of hydrogen-bond acceptors (Lipinski definition) is 0. The van der Waals surface area contributed by atoms with Crippen molar-refractivity contribution < 1.29 is 0 Å². The molecule has 0 aliphatic carbocycles. The van der Waals surface area contributed by atoms with Crippen molar-refractivity contribution in [2.24, 2.45) is 0 Å². The third-order valence-electron chi connectivity index (χ3n) is 1.89. The van der Waals surface area contributed by atoms with Crippen LogP contribution in [0.2, 0.25) is 0 Å². The SMILES string of the molecule is CC/C=C/CC/C(C)=C/CCC. The summed E-state index contributed by atoms with van der Waals surface area (Å²) in [6.07, 6.45) is 13.0. The lowest BCUT2D eigenvalue weighted by atomic mass is 10.1. The molecule has 0 N–H and O–H groups in total. The topological polar surface area (TPSA) is 0 Å². The molecule has 0 spiro atoms. The highest BCUT2D eigenvalue weighted by Crippen LogP contribution is 2.06. The van der Waals surface area contributed by atoms with E-state index in [1.54, 1.807) is 0 Å². The molecular formula is C12H22. The zero-order valence-electron chi connectivity index (χ0n) is 8.77. The minimum Gasteiger partial charge on any atom is -0.0888 e. The van der Waals surface area contributed by atoms with Gasteiger partial charge in [0.2, 0.25) is 0 Å². The van der Waals surface area contributed by atoms with Crippen LogP contribution in [-0.4, -0.2) is 0 Å². The summed E-state index contributed by atoms with van der Waals surface area (Å²) >= 11 is 0. The molecule has 0 heterocycles. The molecule has 70 valence electrons. The monoisotopic (exact) mass is 166 g/mol. The van der Waals surface area contributed by atoms with Gasteiger partial charge in [0.25, 0.3) is 0 Å². The molecule has 0 aromatic carbocycles. The van der Waals surface area contributed by atoms with E-state index in [1.807, 2.05) is 0 Å². The van der Waals surface area contributed by atoms with E-state index in [1.165, 1.54) is 31.3 Å². The molecule has 0 radical (unpaired) electrons. The van der Waals surface area contributed by atoms with E-state index in [4.69, 9.17) is 0 Å². The molecule has 0 aliphatic heterocycles. The van der Waals surface area contributed by atoms with Crippen molar-refractivity contribution in [3.8, 4) is 0 Å². The van der Waals surface area contributed by atoms with Crippen molar-refractivity contribution in [2.45, 2.75) is 52.9 Å². The van der Waals surface area contributed by atoms with Crippen LogP contribution in [0.15, 0.2) is 23.8 Å². The van der Waals surface area contributed by atoms with Gasteiger partial charge in [0.05, 0.1) is 0 Å². The molecular weight excluding hydrogens is 144 g/mol. The van der Waals surface area contributed by atoms with Gasteiger partial charge in [-0.1, -0.05) is 44.1 Å². The van der Waals surface area contributed by atoms with Gasteiger partial charge in [-0.2, -0.15) is 0 Å². The molecule has 0 saturated heterocycles. The van der Waals surface area contributed by atoms with Crippen molar-refractivity contribution in [2.75, 3.05) is 0 Å². The fraction of sp³-hybridized carbons (Fsp3) is 0.667. The molecule has 0 aliphatic rings. The van der Waals surface area contributed by atoms with E-state index in [0.29, 0.717) is 0 Å². The third-order valence-corrected chi connectivity index (χ3v) is 1.89. The fourth-order valence-electron chi connectivity index (χ4n) is 1.09. The smallest absolute Gasteiger partial charge is 0.0288 e. The van der Waals surface area contributed by atoms with Crippen LogP contribution in [0.1, 0.15) is 52.9 Å². The number of rotatable bonds is 6. The highest BCUT2D eigenvalue weighted by Gasteiger charge is 1.86. The Morgan fingerprint density at radius 2 is 1.83 bits per heavy atom. The Labute approximate surface area is 77.4 Å². The first-order chi connectivity index (χ1) is 5.81. The predicted molar refractivity (Wildman–Crippen MR) is 57.3 cm³/mol. The maximum atomic E-state index is 2.36. The van der Waals surface area contributed by atoms with Crippen molar-refractivity contribution in [1.29, 1.82) is 0 Å². The first-order valence-electron chi connectivity index (χ1n) is 5.11. The molecule has 0 atom stereocenters. The first-order valence-corrected chi connectivity index (χ1v) is 5.11. The van der Waals surface area contributed by atoms with E-state index < -0.39 is 0 Å². The Morgan fingerprint density at radius 1 is 1.08 bits per heavy atom. The molecule has 0 rings (SSSR count). The van der Waals surface area contributed by atoms with E-state index in [9.17, 15) is 0 Å². The quantitative estimate of drug-likeness (QED) is 0.510. The Balaban J connectivity index is 3.42. The van der Waals surface area contributed by atoms with Crippen LogP contribution < -0.4 is 0 Å². The van der Waals surface area contributed by atoms with Gasteiger partial charge in [-0.15, -0.1) is 0 Å². The summed E-state index contributed by atoms with van der Waals surface area (Å²) in [5.41, 5.74) is 1.54. The summed E-state index contributed by atoms with van der Waals surface area (Å²) < 4.78 is 0.